The molecule has 0 aliphatic rings. The molecule has 0 heterocycles. The summed E-state index contributed by atoms with van der Waals surface area (Å²) in [6, 6.07) is 28.4. The van der Waals surface area contributed by atoms with E-state index in [1.807, 2.05) is 78.9 Å². The molecule has 0 saturated carbocycles. The van der Waals surface area contributed by atoms with Gasteiger partial charge in [-0.1, -0.05) is 91.0 Å². The second-order valence-corrected chi connectivity index (χ2v) is 6.10. The molecule has 1 atom stereocenters. The first-order valence-corrected chi connectivity index (χ1v) is 8.44. The average Bonchev–Trinajstić information content (AvgIpc) is 2.68. The first kappa shape index (κ1) is 16.8. The van der Waals surface area contributed by atoms with Crippen molar-refractivity contribution in [2.24, 2.45) is 0 Å². The van der Waals surface area contributed by atoms with Crippen LogP contribution in [0.15, 0.2) is 91.0 Å². The summed E-state index contributed by atoms with van der Waals surface area (Å²) in [5, 5.41) is 0. The van der Waals surface area contributed by atoms with Crippen LogP contribution in [0.1, 0.15) is 33.8 Å². The standard InChI is InChI=1S/C23H20O2/c24-21(16-18-10-4-1-5-11-18)17-22(19-12-6-2-7-13-19)23(25)20-14-8-3-9-15-20/h1-15,22H,16-17H2. The Morgan fingerprint density at radius 3 is 1.80 bits per heavy atom. The smallest absolute Gasteiger partial charge is 0.170 e. The van der Waals surface area contributed by atoms with Gasteiger partial charge in [-0.05, 0) is 11.1 Å². The summed E-state index contributed by atoms with van der Waals surface area (Å²) in [6.45, 7) is 0. The lowest BCUT2D eigenvalue weighted by atomic mass is 9.85. The first-order valence-electron chi connectivity index (χ1n) is 8.44. The first-order chi connectivity index (χ1) is 12.2. The fourth-order valence-corrected chi connectivity index (χ4v) is 2.97. The van der Waals surface area contributed by atoms with Crippen LogP contribution in [0.3, 0.4) is 0 Å². The van der Waals surface area contributed by atoms with Gasteiger partial charge >= 0.3 is 0 Å². The summed E-state index contributed by atoms with van der Waals surface area (Å²) in [4.78, 5) is 25.6. The molecule has 25 heavy (non-hydrogen) atoms. The molecule has 0 aliphatic carbocycles. The number of hydrogen-bond acceptors (Lipinski definition) is 2. The molecule has 0 aromatic heterocycles. The van der Waals surface area contributed by atoms with Gasteiger partial charge in [0.25, 0.3) is 0 Å². The zero-order chi connectivity index (χ0) is 17.5. The Balaban J connectivity index is 1.82. The highest BCUT2D eigenvalue weighted by Gasteiger charge is 2.24. The molecule has 0 saturated heterocycles. The molecule has 3 aromatic rings. The normalized spacial score (nSPS) is 11.7. The van der Waals surface area contributed by atoms with E-state index in [2.05, 4.69) is 0 Å². The van der Waals surface area contributed by atoms with Gasteiger partial charge in [-0.2, -0.15) is 0 Å². The Bertz CT molecular complexity index is 824. The van der Waals surface area contributed by atoms with Gasteiger partial charge in [0.15, 0.2) is 5.78 Å². The van der Waals surface area contributed by atoms with Crippen LogP contribution in [0.4, 0.5) is 0 Å². The van der Waals surface area contributed by atoms with Crippen LogP contribution >= 0.6 is 0 Å². The highest BCUT2D eigenvalue weighted by molar-refractivity contribution is 6.03. The van der Waals surface area contributed by atoms with Crippen LogP contribution in [0, 0.1) is 0 Å². The van der Waals surface area contributed by atoms with Gasteiger partial charge in [0, 0.05) is 18.4 Å². The molecule has 2 nitrogen and oxygen atoms in total. The van der Waals surface area contributed by atoms with Gasteiger partial charge in [-0.3, -0.25) is 9.59 Å². The monoisotopic (exact) mass is 328 g/mol. The summed E-state index contributed by atoms with van der Waals surface area (Å²) in [7, 11) is 0. The maximum absolute atomic E-state index is 13.0. The van der Waals surface area contributed by atoms with Crippen LogP contribution in [-0.2, 0) is 11.2 Å². The summed E-state index contributed by atoms with van der Waals surface area (Å²) in [5.41, 5.74) is 2.51. The number of benzene rings is 3. The van der Waals surface area contributed by atoms with Gasteiger partial charge in [0.1, 0.15) is 5.78 Å². The third-order valence-corrected chi connectivity index (χ3v) is 4.25. The number of Topliss-reactive ketones (excluding diaryl/α,β-unsaturated/α-hetero) is 2. The number of carbonyl (C=O) groups excluding carboxylic acids is 2. The van der Waals surface area contributed by atoms with Crippen molar-refractivity contribution >= 4 is 11.6 Å². The molecular weight excluding hydrogens is 308 g/mol. The van der Waals surface area contributed by atoms with Crippen LogP contribution in [0.5, 0.6) is 0 Å². The topological polar surface area (TPSA) is 34.1 Å². The molecule has 2 heteroatoms. The SMILES string of the molecule is O=C(Cc1ccccc1)CC(C(=O)c1ccccc1)c1ccccc1. The van der Waals surface area contributed by atoms with Crippen LogP contribution in [0.25, 0.3) is 0 Å². The van der Waals surface area contributed by atoms with Crippen molar-refractivity contribution in [1.29, 1.82) is 0 Å². The molecule has 124 valence electrons. The molecule has 1 unspecified atom stereocenters. The molecule has 3 rings (SSSR count). The summed E-state index contributed by atoms with van der Waals surface area (Å²) in [6.07, 6.45) is 0.568. The lowest BCUT2D eigenvalue weighted by molar-refractivity contribution is -0.118. The van der Waals surface area contributed by atoms with Crippen molar-refractivity contribution < 1.29 is 9.59 Å². The van der Waals surface area contributed by atoms with Crippen molar-refractivity contribution in [3.05, 3.63) is 108 Å². The second kappa shape index (κ2) is 8.20. The Morgan fingerprint density at radius 2 is 1.20 bits per heavy atom. The van der Waals surface area contributed by atoms with E-state index in [4.69, 9.17) is 0 Å². The van der Waals surface area contributed by atoms with Crippen LogP contribution in [-0.4, -0.2) is 11.6 Å². The Labute approximate surface area is 148 Å². The molecule has 3 aromatic carbocycles. The molecule has 0 N–H and O–H groups in total. The lowest BCUT2D eigenvalue weighted by Gasteiger charge is -2.16. The summed E-state index contributed by atoms with van der Waals surface area (Å²) < 4.78 is 0. The highest BCUT2D eigenvalue weighted by atomic mass is 16.1. The number of ketones is 2. The summed E-state index contributed by atoms with van der Waals surface area (Å²) in [5.74, 6) is -0.377. The Morgan fingerprint density at radius 1 is 0.680 bits per heavy atom. The number of rotatable bonds is 7. The van der Waals surface area contributed by atoms with Gasteiger partial charge in [-0.25, -0.2) is 0 Å². The van der Waals surface area contributed by atoms with E-state index in [9.17, 15) is 9.59 Å². The van der Waals surface area contributed by atoms with E-state index in [1.54, 1.807) is 12.1 Å². The van der Waals surface area contributed by atoms with Gasteiger partial charge in [0.2, 0.25) is 0 Å². The van der Waals surface area contributed by atoms with E-state index in [0.717, 1.165) is 11.1 Å². The molecule has 0 bridgehead atoms. The van der Waals surface area contributed by atoms with Crippen molar-refractivity contribution in [1.82, 2.24) is 0 Å². The van der Waals surface area contributed by atoms with Crippen molar-refractivity contribution in [3.63, 3.8) is 0 Å². The van der Waals surface area contributed by atoms with Crippen molar-refractivity contribution in [2.75, 3.05) is 0 Å². The number of carbonyl (C=O) groups is 2. The van der Waals surface area contributed by atoms with Crippen molar-refractivity contribution in [3.8, 4) is 0 Å². The molecule has 0 amide bonds. The van der Waals surface area contributed by atoms with E-state index in [1.165, 1.54) is 0 Å². The molecular formula is C23H20O2. The number of hydrogen-bond donors (Lipinski definition) is 0. The van der Waals surface area contributed by atoms with Crippen LogP contribution < -0.4 is 0 Å². The minimum absolute atomic E-state index is 0.00629. The Hall–Kier alpha value is -3.00. The second-order valence-electron chi connectivity index (χ2n) is 6.10. The fourth-order valence-electron chi connectivity index (χ4n) is 2.97. The van der Waals surface area contributed by atoms with E-state index < -0.39 is 5.92 Å². The van der Waals surface area contributed by atoms with Crippen molar-refractivity contribution in [2.45, 2.75) is 18.8 Å². The zero-order valence-electron chi connectivity index (χ0n) is 14.0. The van der Waals surface area contributed by atoms with E-state index in [-0.39, 0.29) is 18.0 Å². The lowest BCUT2D eigenvalue weighted by Crippen LogP contribution is -2.18. The van der Waals surface area contributed by atoms with Gasteiger partial charge < -0.3 is 0 Å². The molecule has 0 spiro atoms. The molecule has 0 aliphatic heterocycles. The zero-order valence-corrected chi connectivity index (χ0v) is 14.0. The Kier molecular flexibility index (Phi) is 5.53. The van der Waals surface area contributed by atoms with Gasteiger partial charge in [0.05, 0.1) is 5.92 Å². The van der Waals surface area contributed by atoms with E-state index in [0.29, 0.717) is 12.0 Å². The highest BCUT2D eigenvalue weighted by Crippen LogP contribution is 2.25. The molecule has 0 radical (unpaired) electrons. The maximum Gasteiger partial charge on any atom is 0.170 e. The minimum Gasteiger partial charge on any atom is -0.299 e. The van der Waals surface area contributed by atoms with Gasteiger partial charge in [-0.15, -0.1) is 0 Å². The predicted octanol–water partition coefficient (Wildman–Crippen LogP) is 4.86. The van der Waals surface area contributed by atoms with Crippen LogP contribution in [0.2, 0.25) is 0 Å². The maximum atomic E-state index is 13.0. The summed E-state index contributed by atoms with van der Waals surface area (Å²) >= 11 is 0. The third kappa shape index (κ3) is 4.51. The largest absolute Gasteiger partial charge is 0.299 e. The molecule has 0 fully saturated rings. The average molecular weight is 328 g/mol. The van der Waals surface area contributed by atoms with E-state index >= 15 is 0 Å². The fraction of sp³-hybridized carbons (Fsp3) is 0.130. The quantitative estimate of drug-likeness (QED) is 0.581. The third-order valence-electron chi connectivity index (χ3n) is 4.25. The minimum atomic E-state index is -0.445. The predicted molar refractivity (Wildman–Crippen MR) is 99.7 cm³/mol.